The lowest BCUT2D eigenvalue weighted by Gasteiger charge is -2.38. The number of piperidine rings is 1. The highest BCUT2D eigenvalue weighted by molar-refractivity contribution is 6.02. The maximum absolute atomic E-state index is 13.4. The van der Waals surface area contributed by atoms with E-state index in [1.165, 1.54) is 32.1 Å². The summed E-state index contributed by atoms with van der Waals surface area (Å²) in [5.74, 6) is 0.730. The van der Waals surface area contributed by atoms with E-state index in [1.54, 1.807) is 24.4 Å². The molecule has 1 aliphatic heterocycles. The first kappa shape index (κ1) is 28.5. The number of benzene rings is 1. The SMILES string of the molecule is NC(=O)c1ccc(C(=O)NC2CC3CCCN(c4ccc(C(=O)NC5CCCC5)cn4)C3C2)cc1NC1CCCCC1. The number of nitrogens with zero attached hydrogens (tertiary/aromatic N) is 2. The van der Waals surface area contributed by atoms with Gasteiger partial charge in [0.25, 0.3) is 17.7 Å². The maximum atomic E-state index is 13.4. The fraction of sp³-hybridized carbons (Fsp3) is 0.576. The van der Waals surface area contributed by atoms with Crippen LogP contribution >= 0.6 is 0 Å². The standard InChI is InChI=1S/C33H44N6O3/c34-31(40)27-14-12-22(18-28(27)36-24-8-2-1-3-9-24)32(41)38-26-17-21-7-6-16-39(29(21)19-26)30-15-13-23(20-35-30)33(42)37-25-10-4-5-11-25/h12-15,18,20-21,24-26,29,36H,1-11,16-17,19H2,(H2,34,40)(H,37,42)(H,38,41). The van der Waals surface area contributed by atoms with Crippen LogP contribution in [0.2, 0.25) is 0 Å². The first-order valence-electron chi connectivity index (χ1n) is 16.0. The van der Waals surface area contributed by atoms with Gasteiger partial charge in [-0.05, 0) is 87.6 Å². The van der Waals surface area contributed by atoms with E-state index in [0.29, 0.717) is 40.4 Å². The molecule has 42 heavy (non-hydrogen) atoms. The molecule has 1 saturated heterocycles. The molecule has 0 bridgehead atoms. The number of hydrogen-bond acceptors (Lipinski definition) is 6. The van der Waals surface area contributed by atoms with E-state index in [0.717, 1.165) is 63.7 Å². The number of hydrogen-bond donors (Lipinski definition) is 4. The number of aromatic nitrogens is 1. The van der Waals surface area contributed by atoms with Crippen LogP contribution in [-0.4, -0.2) is 53.4 Å². The number of nitrogens with one attached hydrogen (secondary N) is 3. The second-order valence-corrected chi connectivity index (χ2v) is 12.8. The lowest BCUT2D eigenvalue weighted by molar-refractivity contribution is 0.0928. The quantitative estimate of drug-likeness (QED) is 0.361. The summed E-state index contributed by atoms with van der Waals surface area (Å²) in [6.45, 7) is 0.924. The molecule has 1 aromatic heterocycles. The van der Waals surface area contributed by atoms with Gasteiger partial charge >= 0.3 is 0 Å². The van der Waals surface area contributed by atoms with E-state index in [-0.39, 0.29) is 23.9 Å². The van der Waals surface area contributed by atoms with Gasteiger partial charge < -0.3 is 26.6 Å². The number of amides is 3. The summed E-state index contributed by atoms with van der Waals surface area (Å²) >= 11 is 0. The third kappa shape index (κ3) is 6.40. The Morgan fingerprint density at radius 2 is 1.45 bits per heavy atom. The Bertz CT molecular complexity index is 1290. The smallest absolute Gasteiger partial charge is 0.253 e. The predicted molar refractivity (Wildman–Crippen MR) is 164 cm³/mol. The molecule has 3 aliphatic carbocycles. The van der Waals surface area contributed by atoms with Crippen LogP contribution in [0.5, 0.6) is 0 Å². The van der Waals surface area contributed by atoms with Gasteiger partial charge in [-0.3, -0.25) is 14.4 Å². The summed E-state index contributed by atoms with van der Waals surface area (Å²) in [5.41, 5.74) is 7.88. The minimum absolute atomic E-state index is 0.0397. The van der Waals surface area contributed by atoms with Crippen molar-refractivity contribution in [2.75, 3.05) is 16.8 Å². The van der Waals surface area contributed by atoms with E-state index in [1.807, 2.05) is 12.1 Å². The largest absolute Gasteiger partial charge is 0.382 e. The first-order valence-corrected chi connectivity index (χ1v) is 16.0. The van der Waals surface area contributed by atoms with Gasteiger partial charge in [0, 0.05) is 48.2 Å². The molecule has 3 saturated carbocycles. The minimum Gasteiger partial charge on any atom is -0.382 e. The highest BCUT2D eigenvalue weighted by Gasteiger charge is 2.41. The average molecular weight is 573 g/mol. The van der Waals surface area contributed by atoms with Crippen molar-refractivity contribution in [2.45, 2.75) is 108 Å². The molecule has 4 fully saturated rings. The van der Waals surface area contributed by atoms with Gasteiger partial charge in [0.1, 0.15) is 5.82 Å². The Balaban J connectivity index is 1.09. The fourth-order valence-corrected chi connectivity index (χ4v) is 7.67. The maximum Gasteiger partial charge on any atom is 0.253 e. The van der Waals surface area contributed by atoms with Crippen LogP contribution in [-0.2, 0) is 0 Å². The van der Waals surface area contributed by atoms with Crippen LogP contribution in [0.3, 0.4) is 0 Å². The van der Waals surface area contributed by atoms with Crippen molar-refractivity contribution in [2.24, 2.45) is 11.7 Å². The number of primary amides is 1. The average Bonchev–Trinajstić information content (AvgIpc) is 3.67. The number of rotatable bonds is 8. The number of fused-ring (bicyclic) bond motifs is 1. The minimum atomic E-state index is -0.490. The molecule has 3 unspecified atom stereocenters. The number of nitrogens with two attached hydrogens (primary N) is 1. The Labute approximate surface area is 248 Å². The van der Waals surface area contributed by atoms with Gasteiger partial charge in [-0.1, -0.05) is 32.1 Å². The normalized spacial score (nSPS) is 24.7. The summed E-state index contributed by atoms with van der Waals surface area (Å²) in [7, 11) is 0. The molecule has 3 atom stereocenters. The van der Waals surface area contributed by atoms with Crippen LogP contribution in [0.1, 0.15) is 115 Å². The summed E-state index contributed by atoms with van der Waals surface area (Å²) < 4.78 is 0. The number of carbonyl (C=O) groups excluding carboxylic acids is 3. The number of anilines is 2. The lowest BCUT2D eigenvalue weighted by atomic mass is 9.92. The molecular formula is C33H44N6O3. The van der Waals surface area contributed by atoms with Crippen molar-refractivity contribution in [3.63, 3.8) is 0 Å². The van der Waals surface area contributed by atoms with Gasteiger partial charge in [-0.25, -0.2) is 4.98 Å². The van der Waals surface area contributed by atoms with Crippen molar-refractivity contribution < 1.29 is 14.4 Å². The first-order chi connectivity index (χ1) is 20.4. The van der Waals surface area contributed by atoms with Gasteiger partial charge in [0.05, 0.1) is 11.1 Å². The van der Waals surface area contributed by atoms with Gasteiger partial charge in [-0.2, -0.15) is 0 Å². The fourth-order valence-electron chi connectivity index (χ4n) is 7.67. The molecule has 9 heteroatoms. The Morgan fingerprint density at radius 3 is 2.19 bits per heavy atom. The molecule has 0 radical (unpaired) electrons. The molecule has 9 nitrogen and oxygen atoms in total. The monoisotopic (exact) mass is 572 g/mol. The highest BCUT2D eigenvalue weighted by Crippen LogP contribution is 2.39. The summed E-state index contributed by atoms with van der Waals surface area (Å²) in [4.78, 5) is 45.2. The van der Waals surface area contributed by atoms with Crippen LogP contribution in [0.15, 0.2) is 36.5 Å². The van der Waals surface area contributed by atoms with E-state index < -0.39 is 5.91 Å². The molecule has 4 aliphatic rings. The topological polar surface area (TPSA) is 129 Å². The molecule has 224 valence electrons. The van der Waals surface area contributed by atoms with Crippen molar-refractivity contribution >= 4 is 29.2 Å². The van der Waals surface area contributed by atoms with Crippen molar-refractivity contribution in [1.82, 2.24) is 15.6 Å². The molecule has 6 rings (SSSR count). The molecule has 5 N–H and O–H groups in total. The van der Waals surface area contributed by atoms with Crippen LogP contribution < -0.4 is 26.6 Å². The van der Waals surface area contributed by atoms with Crippen molar-refractivity contribution in [1.29, 1.82) is 0 Å². The number of carbonyl (C=O) groups is 3. The zero-order chi connectivity index (χ0) is 29.1. The zero-order valence-corrected chi connectivity index (χ0v) is 24.4. The Kier molecular flexibility index (Phi) is 8.63. The van der Waals surface area contributed by atoms with Crippen LogP contribution in [0.4, 0.5) is 11.5 Å². The van der Waals surface area contributed by atoms with Crippen LogP contribution in [0.25, 0.3) is 0 Å². The van der Waals surface area contributed by atoms with E-state index in [2.05, 4.69) is 20.9 Å². The van der Waals surface area contributed by atoms with Gasteiger partial charge in [0.15, 0.2) is 0 Å². The summed E-state index contributed by atoms with van der Waals surface area (Å²) in [6.07, 6.45) is 15.9. The second-order valence-electron chi connectivity index (χ2n) is 12.8. The lowest BCUT2D eigenvalue weighted by Crippen LogP contribution is -2.43. The summed E-state index contributed by atoms with van der Waals surface area (Å²) in [5, 5.41) is 9.91. The van der Waals surface area contributed by atoms with Crippen molar-refractivity contribution in [3.05, 3.63) is 53.2 Å². The second kappa shape index (κ2) is 12.7. The van der Waals surface area contributed by atoms with E-state index in [4.69, 9.17) is 10.7 Å². The Morgan fingerprint density at radius 1 is 0.762 bits per heavy atom. The molecule has 3 amide bonds. The van der Waals surface area contributed by atoms with Crippen molar-refractivity contribution in [3.8, 4) is 0 Å². The molecular weight excluding hydrogens is 528 g/mol. The third-order valence-electron chi connectivity index (χ3n) is 9.87. The summed E-state index contributed by atoms with van der Waals surface area (Å²) in [6, 6.07) is 9.96. The van der Waals surface area contributed by atoms with Gasteiger partial charge in [-0.15, -0.1) is 0 Å². The predicted octanol–water partition coefficient (Wildman–Crippen LogP) is 4.77. The molecule has 2 aromatic rings. The van der Waals surface area contributed by atoms with E-state index >= 15 is 0 Å². The van der Waals surface area contributed by atoms with Gasteiger partial charge in [0.2, 0.25) is 0 Å². The zero-order valence-electron chi connectivity index (χ0n) is 24.4. The van der Waals surface area contributed by atoms with E-state index in [9.17, 15) is 14.4 Å². The third-order valence-corrected chi connectivity index (χ3v) is 9.87. The Hall–Kier alpha value is -3.62. The molecule has 2 heterocycles. The highest BCUT2D eigenvalue weighted by atomic mass is 16.2. The molecule has 1 aromatic carbocycles. The van der Waals surface area contributed by atoms with Crippen LogP contribution in [0, 0.1) is 5.92 Å². The number of pyridine rings is 1. The molecule has 0 spiro atoms.